The maximum atomic E-state index is 9.92. The van der Waals surface area contributed by atoms with Gasteiger partial charge >= 0.3 is 0 Å². The summed E-state index contributed by atoms with van der Waals surface area (Å²) in [6.45, 7) is 4.51. The molecule has 0 aromatic rings. The van der Waals surface area contributed by atoms with Crippen LogP contribution in [0.3, 0.4) is 0 Å². The molecule has 0 spiro atoms. The molecular formula is C21H42O. The van der Waals surface area contributed by atoms with E-state index in [1.807, 2.05) is 0 Å². The summed E-state index contributed by atoms with van der Waals surface area (Å²) in [7, 11) is 0. The SMILES string of the molecule is CCCCC/C=C\CC(O)CCCCCCCCCCCC. The van der Waals surface area contributed by atoms with E-state index in [1.54, 1.807) is 0 Å². The Hall–Kier alpha value is -0.300. The largest absolute Gasteiger partial charge is 0.393 e. The highest BCUT2D eigenvalue weighted by molar-refractivity contribution is 4.83. The lowest BCUT2D eigenvalue weighted by molar-refractivity contribution is 0.163. The highest BCUT2D eigenvalue weighted by atomic mass is 16.3. The van der Waals surface area contributed by atoms with Gasteiger partial charge in [-0.1, -0.05) is 103 Å². The fourth-order valence-corrected chi connectivity index (χ4v) is 2.87. The predicted octanol–water partition coefficient (Wildman–Crippen LogP) is 7.18. The van der Waals surface area contributed by atoms with E-state index in [0.717, 1.165) is 12.8 Å². The second-order valence-electron chi connectivity index (χ2n) is 6.83. The van der Waals surface area contributed by atoms with Crippen molar-refractivity contribution >= 4 is 0 Å². The van der Waals surface area contributed by atoms with E-state index in [9.17, 15) is 5.11 Å². The van der Waals surface area contributed by atoms with Gasteiger partial charge in [0, 0.05) is 0 Å². The maximum absolute atomic E-state index is 9.92. The van der Waals surface area contributed by atoms with Gasteiger partial charge in [0.25, 0.3) is 0 Å². The number of hydrogen-bond donors (Lipinski definition) is 1. The Morgan fingerprint density at radius 2 is 1.14 bits per heavy atom. The summed E-state index contributed by atoms with van der Waals surface area (Å²) in [4.78, 5) is 0. The first kappa shape index (κ1) is 21.7. The van der Waals surface area contributed by atoms with Crippen LogP contribution in [0.4, 0.5) is 0 Å². The first-order chi connectivity index (χ1) is 10.8. The van der Waals surface area contributed by atoms with Crippen LogP contribution in [0.15, 0.2) is 12.2 Å². The summed E-state index contributed by atoms with van der Waals surface area (Å²) >= 11 is 0. The summed E-state index contributed by atoms with van der Waals surface area (Å²) in [5, 5.41) is 9.92. The van der Waals surface area contributed by atoms with Crippen molar-refractivity contribution in [3.8, 4) is 0 Å². The number of hydrogen-bond acceptors (Lipinski definition) is 1. The average Bonchev–Trinajstić information content (AvgIpc) is 2.52. The fourth-order valence-electron chi connectivity index (χ4n) is 2.87. The second kappa shape index (κ2) is 18.7. The molecule has 0 aromatic carbocycles. The van der Waals surface area contributed by atoms with Crippen molar-refractivity contribution in [3.63, 3.8) is 0 Å². The summed E-state index contributed by atoms with van der Waals surface area (Å²) < 4.78 is 0. The molecule has 0 rings (SSSR count). The van der Waals surface area contributed by atoms with Crippen molar-refractivity contribution < 1.29 is 5.11 Å². The van der Waals surface area contributed by atoms with Gasteiger partial charge in [-0.25, -0.2) is 0 Å². The highest BCUT2D eigenvalue weighted by Crippen LogP contribution is 2.13. The molecule has 0 aliphatic carbocycles. The number of aliphatic hydroxyl groups excluding tert-OH is 1. The molecule has 1 atom stereocenters. The maximum Gasteiger partial charge on any atom is 0.0574 e. The molecule has 22 heavy (non-hydrogen) atoms. The first-order valence-corrected chi connectivity index (χ1v) is 10.1. The minimum Gasteiger partial charge on any atom is -0.393 e. The highest BCUT2D eigenvalue weighted by Gasteiger charge is 2.01. The smallest absolute Gasteiger partial charge is 0.0574 e. The number of allylic oxidation sites excluding steroid dienone is 1. The Morgan fingerprint density at radius 1 is 0.636 bits per heavy atom. The monoisotopic (exact) mass is 310 g/mol. The molecular weight excluding hydrogens is 268 g/mol. The topological polar surface area (TPSA) is 20.2 Å². The molecule has 0 amide bonds. The van der Waals surface area contributed by atoms with Gasteiger partial charge in [0.1, 0.15) is 0 Å². The molecule has 0 aliphatic heterocycles. The molecule has 0 fully saturated rings. The van der Waals surface area contributed by atoms with E-state index in [0.29, 0.717) is 0 Å². The van der Waals surface area contributed by atoms with Gasteiger partial charge in [-0.2, -0.15) is 0 Å². The summed E-state index contributed by atoms with van der Waals surface area (Å²) in [6, 6.07) is 0. The van der Waals surface area contributed by atoms with Crippen LogP contribution in [0.25, 0.3) is 0 Å². The van der Waals surface area contributed by atoms with Gasteiger partial charge in [-0.3, -0.25) is 0 Å². The minimum absolute atomic E-state index is 0.114. The number of rotatable bonds is 17. The quantitative estimate of drug-likeness (QED) is 0.223. The van der Waals surface area contributed by atoms with E-state index >= 15 is 0 Å². The molecule has 0 saturated heterocycles. The number of aliphatic hydroxyl groups is 1. The Morgan fingerprint density at radius 3 is 1.73 bits per heavy atom. The zero-order valence-corrected chi connectivity index (χ0v) is 15.5. The fraction of sp³-hybridized carbons (Fsp3) is 0.905. The van der Waals surface area contributed by atoms with E-state index in [4.69, 9.17) is 0 Å². The van der Waals surface area contributed by atoms with Crippen molar-refractivity contribution in [2.24, 2.45) is 0 Å². The summed E-state index contributed by atoms with van der Waals surface area (Å²) in [5.74, 6) is 0. The summed E-state index contributed by atoms with van der Waals surface area (Å²) in [6.07, 6.45) is 24.9. The van der Waals surface area contributed by atoms with E-state index in [1.165, 1.54) is 89.9 Å². The molecule has 1 nitrogen and oxygen atoms in total. The van der Waals surface area contributed by atoms with Crippen molar-refractivity contribution in [2.45, 2.75) is 123 Å². The van der Waals surface area contributed by atoms with E-state index in [2.05, 4.69) is 26.0 Å². The van der Waals surface area contributed by atoms with Gasteiger partial charge in [-0.05, 0) is 25.7 Å². The molecule has 132 valence electrons. The van der Waals surface area contributed by atoms with Crippen LogP contribution in [-0.2, 0) is 0 Å². The summed E-state index contributed by atoms with van der Waals surface area (Å²) in [5.41, 5.74) is 0. The lowest BCUT2D eigenvalue weighted by Crippen LogP contribution is -2.04. The van der Waals surface area contributed by atoms with E-state index < -0.39 is 0 Å². The molecule has 1 unspecified atom stereocenters. The molecule has 0 heterocycles. The normalized spacial score (nSPS) is 13.0. The standard InChI is InChI=1S/C21H42O/c1-3-5-7-9-11-12-13-14-16-18-20-21(22)19-17-15-10-8-6-4-2/h15,17,21-22H,3-14,16,18-20H2,1-2H3/b17-15-. The van der Waals surface area contributed by atoms with Crippen molar-refractivity contribution in [1.29, 1.82) is 0 Å². The van der Waals surface area contributed by atoms with Crippen LogP contribution in [0.5, 0.6) is 0 Å². The lowest BCUT2D eigenvalue weighted by Gasteiger charge is -2.07. The molecule has 0 radical (unpaired) electrons. The molecule has 1 heteroatoms. The average molecular weight is 311 g/mol. The van der Waals surface area contributed by atoms with Crippen LogP contribution in [0.2, 0.25) is 0 Å². The molecule has 0 saturated carbocycles. The zero-order chi connectivity index (χ0) is 16.3. The first-order valence-electron chi connectivity index (χ1n) is 10.1. The van der Waals surface area contributed by atoms with Crippen LogP contribution in [-0.4, -0.2) is 11.2 Å². The Kier molecular flexibility index (Phi) is 18.5. The minimum atomic E-state index is -0.114. The predicted molar refractivity (Wildman–Crippen MR) is 100 cm³/mol. The van der Waals surface area contributed by atoms with Crippen LogP contribution >= 0.6 is 0 Å². The second-order valence-corrected chi connectivity index (χ2v) is 6.83. The van der Waals surface area contributed by atoms with Crippen molar-refractivity contribution in [2.75, 3.05) is 0 Å². The lowest BCUT2D eigenvalue weighted by atomic mass is 10.0. The van der Waals surface area contributed by atoms with Crippen LogP contribution in [0, 0.1) is 0 Å². The molecule has 0 aromatic heterocycles. The van der Waals surface area contributed by atoms with Crippen LogP contribution in [0.1, 0.15) is 117 Å². The molecule has 1 N–H and O–H groups in total. The van der Waals surface area contributed by atoms with E-state index in [-0.39, 0.29) is 6.10 Å². The third-order valence-electron chi connectivity index (χ3n) is 4.44. The number of unbranched alkanes of at least 4 members (excludes halogenated alkanes) is 12. The van der Waals surface area contributed by atoms with Gasteiger partial charge in [-0.15, -0.1) is 0 Å². The molecule has 0 aliphatic rings. The van der Waals surface area contributed by atoms with Crippen molar-refractivity contribution in [3.05, 3.63) is 12.2 Å². The van der Waals surface area contributed by atoms with Gasteiger partial charge in [0.05, 0.1) is 6.10 Å². The molecule has 0 bridgehead atoms. The Bertz CT molecular complexity index is 222. The van der Waals surface area contributed by atoms with Gasteiger partial charge in [0.15, 0.2) is 0 Å². The third kappa shape index (κ3) is 17.8. The van der Waals surface area contributed by atoms with Crippen molar-refractivity contribution in [1.82, 2.24) is 0 Å². The van der Waals surface area contributed by atoms with Crippen LogP contribution < -0.4 is 0 Å². The Labute approximate surface area is 140 Å². The van der Waals surface area contributed by atoms with Gasteiger partial charge < -0.3 is 5.11 Å². The Balaban J connectivity index is 3.19. The van der Waals surface area contributed by atoms with Gasteiger partial charge in [0.2, 0.25) is 0 Å². The third-order valence-corrected chi connectivity index (χ3v) is 4.44. The zero-order valence-electron chi connectivity index (χ0n) is 15.5.